The van der Waals surface area contributed by atoms with Crippen LogP contribution < -0.4 is 0 Å². The molecule has 0 saturated heterocycles. The van der Waals surface area contributed by atoms with Gasteiger partial charge in [0.05, 0.1) is 37.2 Å². The van der Waals surface area contributed by atoms with Crippen LogP contribution in [0.3, 0.4) is 0 Å². The normalized spacial score (nSPS) is 10.4. The molecule has 0 N–H and O–H groups in total. The van der Waals surface area contributed by atoms with Gasteiger partial charge in [-0.25, -0.2) is 0 Å². The third-order valence-electron chi connectivity index (χ3n) is 3.92. The SMILES string of the molecule is N#Cc1ccc(CCC(=O)N(Cc2ccco2)Cc2ccco2)cc1. The van der Waals surface area contributed by atoms with Gasteiger partial charge in [-0.15, -0.1) is 0 Å². The van der Waals surface area contributed by atoms with Gasteiger partial charge in [-0.2, -0.15) is 5.26 Å². The molecule has 2 heterocycles. The molecule has 0 bridgehead atoms. The summed E-state index contributed by atoms with van der Waals surface area (Å²) in [6.07, 6.45) is 4.20. The van der Waals surface area contributed by atoms with Crippen molar-refractivity contribution < 1.29 is 13.6 Å². The fraction of sp³-hybridized carbons (Fsp3) is 0.200. The van der Waals surface area contributed by atoms with Crippen LogP contribution in [-0.2, 0) is 24.3 Å². The molecule has 2 aromatic heterocycles. The first-order valence-corrected chi connectivity index (χ1v) is 8.06. The third kappa shape index (κ3) is 4.61. The number of amides is 1. The second kappa shape index (κ2) is 8.02. The Kier molecular flexibility index (Phi) is 5.32. The number of hydrogen-bond acceptors (Lipinski definition) is 4. The van der Waals surface area contributed by atoms with Gasteiger partial charge in [0.15, 0.2) is 0 Å². The van der Waals surface area contributed by atoms with Crippen LogP contribution >= 0.6 is 0 Å². The van der Waals surface area contributed by atoms with E-state index in [1.54, 1.807) is 29.6 Å². The predicted molar refractivity (Wildman–Crippen MR) is 91.1 cm³/mol. The lowest BCUT2D eigenvalue weighted by Gasteiger charge is -2.20. The van der Waals surface area contributed by atoms with Crippen LogP contribution in [0, 0.1) is 11.3 Å². The first-order chi connectivity index (χ1) is 12.2. The van der Waals surface area contributed by atoms with E-state index in [0.717, 1.165) is 17.1 Å². The summed E-state index contributed by atoms with van der Waals surface area (Å²) in [7, 11) is 0. The fourth-order valence-electron chi connectivity index (χ4n) is 2.57. The second-order valence-corrected chi connectivity index (χ2v) is 5.72. The summed E-state index contributed by atoms with van der Waals surface area (Å²) >= 11 is 0. The van der Waals surface area contributed by atoms with Crippen molar-refractivity contribution in [3.63, 3.8) is 0 Å². The Balaban J connectivity index is 1.64. The smallest absolute Gasteiger partial charge is 0.223 e. The van der Waals surface area contributed by atoms with Gasteiger partial charge in [-0.05, 0) is 48.4 Å². The number of furan rings is 2. The van der Waals surface area contributed by atoms with Crippen LogP contribution in [-0.4, -0.2) is 10.8 Å². The third-order valence-corrected chi connectivity index (χ3v) is 3.92. The standard InChI is InChI=1S/C20H18N2O3/c21-13-17-7-5-16(6-8-17)9-10-20(23)22(14-18-3-1-11-24-18)15-19-4-2-12-25-19/h1-8,11-12H,9-10,14-15H2. The molecule has 3 aromatic rings. The van der Waals surface area contributed by atoms with Crippen molar-refractivity contribution >= 4 is 5.91 Å². The zero-order valence-corrected chi connectivity index (χ0v) is 13.7. The summed E-state index contributed by atoms with van der Waals surface area (Å²) in [6, 6.07) is 16.7. The van der Waals surface area contributed by atoms with Crippen LogP contribution in [0.25, 0.3) is 0 Å². The van der Waals surface area contributed by atoms with Gasteiger partial charge in [0.2, 0.25) is 5.91 Å². The fourth-order valence-corrected chi connectivity index (χ4v) is 2.57. The summed E-state index contributed by atoms with van der Waals surface area (Å²) in [4.78, 5) is 14.4. The molecule has 1 aromatic carbocycles. The average Bonchev–Trinajstić information content (AvgIpc) is 3.33. The molecule has 0 aliphatic carbocycles. The monoisotopic (exact) mass is 334 g/mol. The van der Waals surface area contributed by atoms with Gasteiger partial charge in [-0.1, -0.05) is 12.1 Å². The molecule has 0 radical (unpaired) electrons. The lowest BCUT2D eigenvalue weighted by atomic mass is 10.1. The zero-order chi connectivity index (χ0) is 17.5. The van der Waals surface area contributed by atoms with Crippen molar-refractivity contribution in [1.82, 2.24) is 4.90 Å². The average molecular weight is 334 g/mol. The quantitative estimate of drug-likeness (QED) is 0.657. The van der Waals surface area contributed by atoms with E-state index in [2.05, 4.69) is 6.07 Å². The number of benzene rings is 1. The summed E-state index contributed by atoms with van der Waals surface area (Å²) < 4.78 is 10.7. The van der Waals surface area contributed by atoms with E-state index >= 15 is 0 Å². The van der Waals surface area contributed by atoms with E-state index in [-0.39, 0.29) is 5.91 Å². The minimum absolute atomic E-state index is 0.0251. The Morgan fingerprint density at radius 2 is 1.56 bits per heavy atom. The molecular weight excluding hydrogens is 316 g/mol. The number of carbonyl (C=O) groups excluding carboxylic acids is 1. The topological polar surface area (TPSA) is 70.4 Å². The highest BCUT2D eigenvalue weighted by Crippen LogP contribution is 2.14. The van der Waals surface area contributed by atoms with E-state index in [9.17, 15) is 4.79 Å². The number of rotatable bonds is 7. The number of aryl methyl sites for hydroxylation is 1. The molecule has 0 spiro atoms. The summed E-state index contributed by atoms with van der Waals surface area (Å²) in [5.41, 5.74) is 1.65. The van der Waals surface area contributed by atoms with Gasteiger partial charge >= 0.3 is 0 Å². The molecule has 5 heteroatoms. The zero-order valence-electron chi connectivity index (χ0n) is 13.7. The van der Waals surface area contributed by atoms with E-state index in [1.807, 2.05) is 36.4 Å². The van der Waals surface area contributed by atoms with Crippen LogP contribution in [0.1, 0.15) is 29.1 Å². The maximum Gasteiger partial charge on any atom is 0.223 e. The van der Waals surface area contributed by atoms with Crippen molar-refractivity contribution in [2.45, 2.75) is 25.9 Å². The van der Waals surface area contributed by atoms with E-state index < -0.39 is 0 Å². The lowest BCUT2D eigenvalue weighted by molar-refractivity contribution is -0.133. The summed E-state index contributed by atoms with van der Waals surface area (Å²) in [5, 5.41) is 8.84. The van der Waals surface area contributed by atoms with Crippen molar-refractivity contribution in [2.24, 2.45) is 0 Å². The van der Waals surface area contributed by atoms with Gasteiger partial charge in [0.1, 0.15) is 11.5 Å². The largest absolute Gasteiger partial charge is 0.467 e. The second-order valence-electron chi connectivity index (χ2n) is 5.72. The minimum atomic E-state index is 0.0251. The lowest BCUT2D eigenvalue weighted by Crippen LogP contribution is -2.30. The molecule has 3 rings (SSSR count). The molecule has 0 atom stereocenters. The Bertz CT molecular complexity index is 792. The van der Waals surface area contributed by atoms with Crippen molar-refractivity contribution in [3.8, 4) is 6.07 Å². The minimum Gasteiger partial charge on any atom is -0.467 e. The predicted octanol–water partition coefficient (Wildman–Crippen LogP) is 3.91. The molecule has 5 nitrogen and oxygen atoms in total. The highest BCUT2D eigenvalue weighted by molar-refractivity contribution is 5.76. The molecular formula is C20H18N2O3. The van der Waals surface area contributed by atoms with Crippen molar-refractivity contribution in [3.05, 3.63) is 83.7 Å². The summed E-state index contributed by atoms with van der Waals surface area (Å²) in [6.45, 7) is 0.805. The van der Waals surface area contributed by atoms with E-state index in [1.165, 1.54) is 0 Å². The van der Waals surface area contributed by atoms with Gasteiger partial charge in [-0.3, -0.25) is 4.79 Å². The number of hydrogen-bond donors (Lipinski definition) is 0. The van der Waals surface area contributed by atoms with Crippen molar-refractivity contribution in [1.29, 1.82) is 5.26 Å². The van der Waals surface area contributed by atoms with Gasteiger partial charge < -0.3 is 13.7 Å². The van der Waals surface area contributed by atoms with Crippen molar-refractivity contribution in [2.75, 3.05) is 0 Å². The van der Waals surface area contributed by atoms with Gasteiger partial charge in [0, 0.05) is 6.42 Å². The molecule has 0 unspecified atom stereocenters. The molecule has 0 aliphatic rings. The van der Waals surface area contributed by atoms with Crippen LogP contribution in [0.2, 0.25) is 0 Å². The highest BCUT2D eigenvalue weighted by Gasteiger charge is 2.17. The Morgan fingerprint density at radius 3 is 2.04 bits per heavy atom. The molecule has 0 saturated carbocycles. The van der Waals surface area contributed by atoms with Crippen LogP contribution in [0.15, 0.2) is 69.9 Å². The highest BCUT2D eigenvalue weighted by atomic mass is 16.3. The molecule has 0 aliphatic heterocycles. The van der Waals surface area contributed by atoms with E-state index in [0.29, 0.717) is 31.5 Å². The first-order valence-electron chi connectivity index (χ1n) is 8.06. The Hall–Kier alpha value is -3.26. The number of carbonyl (C=O) groups is 1. The maximum atomic E-state index is 12.7. The number of nitrogens with zero attached hydrogens (tertiary/aromatic N) is 2. The van der Waals surface area contributed by atoms with Crippen LogP contribution in [0.4, 0.5) is 0 Å². The molecule has 1 amide bonds. The molecule has 25 heavy (non-hydrogen) atoms. The van der Waals surface area contributed by atoms with Crippen LogP contribution in [0.5, 0.6) is 0 Å². The number of nitriles is 1. The first kappa shape index (κ1) is 16.6. The molecule has 0 fully saturated rings. The van der Waals surface area contributed by atoms with Gasteiger partial charge in [0.25, 0.3) is 0 Å². The summed E-state index contributed by atoms with van der Waals surface area (Å²) in [5.74, 6) is 1.49. The molecule has 126 valence electrons. The van der Waals surface area contributed by atoms with E-state index in [4.69, 9.17) is 14.1 Å². The Labute approximate surface area is 146 Å². The maximum absolute atomic E-state index is 12.7. The Morgan fingerprint density at radius 1 is 0.960 bits per heavy atom.